The van der Waals surface area contributed by atoms with E-state index in [-0.39, 0.29) is 0 Å². The molecule has 1 nitrogen and oxygen atoms in total. The van der Waals surface area contributed by atoms with E-state index >= 15 is 0 Å². The SMILES string of the molecule is CCC1(C)C2CCCC1CC1(NC)CC1C2. The summed E-state index contributed by atoms with van der Waals surface area (Å²) in [5.41, 5.74) is 1.23. The van der Waals surface area contributed by atoms with Gasteiger partial charge in [-0.05, 0) is 62.3 Å². The summed E-state index contributed by atoms with van der Waals surface area (Å²) in [7, 11) is 2.19. The zero-order valence-electron chi connectivity index (χ0n) is 11.2. The molecule has 0 aliphatic heterocycles. The van der Waals surface area contributed by atoms with E-state index in [0.29, 0.717) is 11.0 Å². The normalized spacial score (nSPS) is 55.3. The first-order valence-electron chi connectivity index (χ1n) is 7.33. The van der Waals surface area contributed by atoms with Gasteiger partial charge >= 0.3 is 0 Å². The Morgan fingerprint density at radius 1 is 1.12 bits per heavy atom. The predicted molar refractivity (Wildman–Crippen MR) is 68.4 cm³/mol. The van der Waals surface area contributed by atoms with Crippen molar-refractivity contribution in [1.29, 1.82) is 0 Å². The van der Waals surface area contributed by atoms with E-state index < -0.39 is 0 Å². The molecule has 5 atom stereocenters. The van der Waals surface area contributed by atoms with E-state index in [2.05, 4.69) is 26.2 Å². The minimum Gasteiger partial charge on any atom is -0.314 e. The van der Waals surface area contributed by atoms with Gasteiger partial charge in [-0.25, -0.2) is 0 Å². The predicted octanol–water partition coefficient (Wildman–Crippen LogP) is 3.59. The van der Waals surface area contributed by atoms with E-state index in [1.165, 1.54) is 44.9 Å². The van der Waals surface area contributed by atoms with Gasteiger partial charge in [-0.1, -0.05) is 26.7 Å². The van der Waals surface area contributed by atoms with Gasteiger partial charge in [0.2, 0.25) is 0 Å². The van der Waals surface area contributed by atoms with Crippen molar-refractivity contribution in [3.05, 3.63) is 0 Å². The fourth-order valence-electron chi connectivity index (χ4n) is 5.03. The van der Waals surface area contributed by atoms with E-state index in [1.807, 2.05) is 0 Å². The van der Waals surface area contributed by atoms with Crippen LogP contribution in [0.4, 0.5) is 0 Å². The lowest BCUT2D eigenvalue weighted by atomic mass is 9.58. The third kappa shape index (κ3) is 1.33. The maximum absolute atomic E-state index is 3.67. The zero-order chi connectivity index (χ0) is 11.4. The molecule has 0 aromatic heterocycles. The van der Waals surface area contributed by atoms with E-state index in [1.54, 1.807) is 0 Å². The molecule has 5 unspecified atom stereocenters. The first-order valence-corrected chi connectivity index (χ1v) is 7.33. The Kier molecular flexibility index (Phi) is 2.41. The Bertz CT molecular complexity index is 287. The van der Waals surface area contributed by atoms with Gasteiger partial charge in [0.15, 0.2) is 0 Å². The third-order valence-electron chi connectivity index (χ3n) is 6.64. The largest absolute Gasteiger partial charge is 0.314 e. The van der Waals surface area contributed by atoms with Gasteiger partial charge in [-0.2, -0.15) is 0 Å². The molecular formula is C15H27N. The molecular weight excluding hydrogens is 194 g/mol. The zero-order valence-corrected chi connectivity index (χ0v) is 11.2. The maximum atomic E-state index is 3.67. The Hall–Kier alpha value is -0.0400. The fraction of sp³-hybridized carbons (Fsp3) is 1.00. The van der Waals surface area contributed by atoms with Crippen LogP contribution in [0.15, 0.2) is 0 Å². The second-order valence-corrected chi connectivity index (χ2v) is 6.93. The van der Waals surface area contributed by atoms with Crippen LogP contribution in [0.2, 0.25) is 0 Å². The molecule has 3 rings (SSSR count). The molecule has 16 heavy (non-hydrogen) atoms. The van der Waals surface area contributed by atoms with Crippen LogP contribution in [0, 0.1) is 23.2 Å². The topological polar surface area (TPSA) is 12.0 Å². The average molecular weight is 221 g/mol. The van der Waals surface area contributed by atoms with Gasteiger partial charge in [0.1, 0.15) is 0 Å². The number of fused-ring (bicyclic) bond motifs is 3. The molecule has 0 aromatic rings. The maximum Gasteiger partial charge on any atom is 0.0213 e. The van der Waals surface area contributed by atoms with Gasteiger partial charge in [0.25, 0.3) is 0 Å². The Balaban J connectivity index is 1.90. The second-order valence-electron chi connectivity index (χ2n) is 6.93. The molecule has 0 spiro atoms. The highest BCUT2D eigenvalue weighted by Crippen LogP contribution is 2.63. The van der Waals surface area contributed by atoms with Crippen LogP contribution in [0.3, 0.4) is 0 Å². The third-order valence-corrected chi connectivity index (χ3v) is 6.64. The quantitative estimate of drug-likeness (QED) is 0.751. The Morgan fingerprint density at radius 2 is 1.81 bits per heavy atom. The summed E-state index contributed by atoms with van der Waals surface area (Å²) in [6.45, 7) is 5.02. The van der Waals surface area contributed by atoms with Gasteiger partial charge < -0.3 is 5.32 Å². The van der Waals surface area contributed by atoms with Gasteiger partial charge in [-0.15, -0.1) is 0 Å². The second kappa shape index (κ2) is 3.48. The lowest BCUT2D eigenvalue weighted by Gasteiger charge is -2.47. The van der Waals surface area contributed by atoms with Crippen molar-refractivity contribution in [2.75, 3.05) is 7.05 Å². The van der Waals surface area contributed by atoms with E-state index in [9.17, 15) is 0 Å². The molecule has 3 aliphatic rings. The molecule has 3 aliphatic carbocycles. The van der Waals surface area contributed by atoms with Crippen molar-refractivity contribution in [2.24, 2.45) is 23.2 Å². The smallest absolute Gasteiger partial charge is 0.0213 e. The molecule has 3 saturated carbocycles. The Labute approximate surface area is 100 Å². The van der Waals surface area contributed by atoms with Crippen LogP contribution in [0.1, 0.15) is 58.8 Å². The van der Waals surface area contributed by atoms with Gasteiger partial charge in [-0.3, -0.25) is 0 Å². The lowest BCUT2D eigenvalue weighted by Crippen LogP contribution is -2.40. The van der Waals surface area contributed by atoms with Crippen molar-refractivity contribution in [1.82, 2.24) is 5.32 Å². The molecule has 0 heterocycles. The Morgan fingerprint density at radius 3 is 2.50 bits per heavy atom. The highest BCUT2D eigenvalue weighted by Gasteiger charge is 2.60. The average Bonchev–Trinajstić information content (AvgIpc) is 2.98. The van der Waals surface area contributed by atoms with Crippen LogP contribution in [0.5, 0.6) is 0 Å². The minimum atomic E-state index is 0.570. The first-order chi connectivity index (χ1) is 7.64. The molecule has 3 fully saturated rings. The van der Waals surface area contributed by atoms with Crippen LogP contribution in [0.25, 0.3) is 0 Å². The van der Waals surface area contributed by atoms with Crippen molar-refractivity contribution >= 4 is 0 Å². The summed E-state index contributed by atoms with van der Waals surface area (Å²) in [6, 6.07) is 0. The number of hydrogen-bond acceptors (Lipinski definition) is 1. The minimum absolute atomic E-state index is 0.570. The van der Waals surface area contributed by atoms with Crippen LogP contribution in [-0.2, 0) is 0 Å². The standard InChI is InChI=1S/C15H27N/c1-4-14(2)11-6-5-7-12(14)9-15(16-3)10-13(15)8-11/h11-13,16H,4-10H2,1-3H3. The van der Waals surface area contributed by atoms with Crippen LogP contribution in [-0.4, -0.2) is 12.6 Å². The highest BCUT2D eigenvalue weighted by atomic mass is 15.0. The van der Waals surface area contributed by atoms with Crippen molar-refractivity contribution in [3.8, 4) is 0 Å². The van der Waals surface area contributed by atoms with Crippen molar-refractivity contribution < 1.29 is 0 Å². The van der Waals surface area contributed by atoms with E-state index in [4.69, 9.17) is 0 Å². The summed E-state index contributed by atoms with van der Waals surface area (Å²) in [5.74, 6) is 3.03. The number of nitrogens with one attached hydrogen (secondary N) is 1. The fourth-order valence-corrected chi connectivity index (χ4v) is 5.03. The summed E-state index contributed by atoms with van der Waals surface area (Å²) in [4.78, 5) is 0. The molecule has 0 aromatic carbocycles. The van der Waals surface area contributed by atoms with Gasteiger partial charge in [0.05, 0.1) is 0 Å². The highest BCUT2D eigenvalue weighted by molar-refractivity contribution is 5.15. The molecule has 1 heteroatoms. The summed E-state index contributed by atoms with van der Waals surface area (Å²) >= 11 is 0. The van der Waals surface area contributed by atoms with Crippen molar-refractivity contribution in [3.63, 3.8) is 0 Å². The lowest BCUT2D eigenvalue weighted by molar-refractivity contribution is 0.0306. The first kappa shape index (κ1) is 11.1. The molecule has 0 saturated heterocycles. The molecule has 1 N–H and O–H groups in total. The molecule has 0 radical (unpaired) electrons. The van der Waals surface area contributed by atoms with Gasteiger partial charge in [0, 0.05) is 5.54 Å². The number of hydrogen-bond donors (Lipinski definition) is 1. The van der Waals surface area contributed by atoms with Crippen LogP contribution < -0.4 is 5.32 Å². The summed E-state index contributed by atoms with van der Waals surface area (Å²) in [5, 5.41) is 3.67. The van der Waals surface area contributed by atoms with Crippen LogP contribution >= 0.6 is 0 Å². The van der Waals surface area contributed by atoms with Crippen molar-refractivity contribution in [2.45, 2.75) is 64.3 Å². The number of rotatable bonds is 2. The molecule has 92 valence electrons. The van der Waals surface area contributed by atoms with E-state index in [0.717, 1.165) is 17.8 Å². The molecule has 2 bridgehead atoms. The summed E-state index contributed by atoms with van der Waals surface area (Å²) < 4.78 is 0. The monoisotopic (exact) mass is 221 g/mol. The summed E-state index contributed by atoms with van der Waals surface area (Å²) in [6.07, 6.45) is 10.4. The molecule has 0 amide bonds.